The molecule has 1 aromatic carbocycles. The second-order valence-corrected chi connectivity index (χ2v) is 7.24. The summed E-state index contributed by atoms with van der Waals surface area (Å²) in [6.07, 6.45) is 0. The van der Waals surface area contributed by atoms with Crippen molar-refractivity contribution in [1.82, 2.24) is 4.90 Å². The van der Waals surface area contributed by atoms with Crippen molar-refractivity contribution in [3.8, 4) is 0 Å². The van der Waals surface area contributed by atoms with E-state index in [2.05, 4.69) is 5.32 Å². The molecule has 1 aliphatic heterocycles. The van der Waals surface area contributed by atoms with Crippen LogP contribution in [0.5, 0.6) is 0 Å². The van der Waals surface area contributed by atoms with Gasteiger partial charge in [0.15, 0.2) is 9.84 Å². The first-order valence-electron chi connectivity index (χ1n) is 6.34. The Hall–Kier alpha value is -1.47. The molecule has 1 fully saturated rings. The molecule has 1 amide bonds. The highest BCUT2D eigenvalue weighted by atomic mass is 32.2. The van der Waals surface area contributed by atoms with Gasteiger partial charge >= 0.3 is 0 Å². The lowest BCUT2D eigenvalue weighted by Gasteiger charge is -2.25. The molecule has 1 aliphatic rings. The van der Waals surface area contributed by atoms with Gasteiger partial charge in [0.05, 0.1) is 18.1 Å². The van der Waals surface area contributed by atoms with Crippen LogP contribution in [-0.2, 0) is 14.6 Å². The summed E-state index contributed by atoms with van der Waals surface area (Å²) in [6, 6.07) is 4.50. The molecule has 1 N–H and O–H groups in total. The first-order chi connectivity index (χ1) is 9.35. The molecule has 5 nitrogen and oxygen atoms in total. The Morgan fingerprint density at radius 3 is 2.60 bits per heavy atom. The molecule has 0 bridgehead atoms. The molecule has 0 atom stereocenters. The number of hydrogen-bond acceptors (Lipinski definition) is 4. The number of nitrogens with one attached hydrogen (secondary N) is 1. The number of hydrogen-bond donors (Lipinski definition) is 1. The molecule has 110 valence electrons. The molecule has 1 heterocycles. The lowest BCUT2D eigenvalue weighted by atomic mass is 10.2. The predicted molar refractivity (Wildman–Crippen MR) is 74.9 cm³/mol. The number of sulfone groups is 1. The Kier molecular flexibility index (Phi) is 4.39. The minimum atomic E-state index is -2.94. The molecular formula is C13H17FN2O3S. The Morgan fingerprint density at radius 1 is 1.35 bits per heavy atom. The number of halogens is 1. The Bertz CT molecular complexity index is 602. The highest BCUT2D eigenvalue weighted by Gasteiger charge is 2.22. The van der Waals surface area contributed by atoms with Crippen molar-refractivity contribution in [1.29, 1.82) is 0 Å². The van der Waals surface area contributed by atoms with Gasteiger partial charge in [0.2, 0.25) is 5.91 Å². The minimum absolute atomic E-state index is 0.0828. The SMILES string of the molecule is Cc1ccc(NC(=O)CN2CCS(=O)(=O)CC2)cc1F. The van der Waals surface area contributed by atoms with E-state index in [1.165, 1.54) is 6.07 Å². The van der Waals surface area contributed by atoms with E-state index in [1.807, 2.05) is 0 Å². The normalized spacial score (nSPS) is 18.7. The van der Waals surface area contributed by atoms with Crippen LogP contribution in [0.25, 0.3) is 0 Å². The van der Waals surface area contributed by atoms with E-state index in [4.69, 9.17) is 0 Å². The lowest BCUT2D eigenvalue weighted by Crippen LogP contribution is -2.43. The van der Waals surface area contributed by atoms with E-state index in [-0.39, 0.29) is 29.8 Å². The van der Waals surface area contributed by atoms with Crippen molar-refractivity contribution >= 4 is 21.4 Å². The van der Waals surface area contributed by atoms with Gasteiger partial charge in [0.25, 0.3) is 0 Å². The van der Waals surface area contributed by atoms with Crippen molar-refractivity contribution < 1.29 is 17.6 Å². The third kappa shape index (κ3) is 4.01. The third-order valence-corrected chi connectivity index (χ3v) is 4.87. The van der Waals surface area contributed by atoms with E-state index < -0.39 is 9.84 Å². The summed E-state index contributed by atoms with van der Waals surface area (Å²) in [5.74, 6) is -0.474. The van der Waals surface area contributed by atoms with Gasteiger partial charge in [0.1, 0.15) is 5.82 Å². The predicted octanol–water partition coefficient (Wildman–Crippen LogP) is 0.803. The van der Waals surface area contributed by atoms with Crippen molar-refractivity contribution in [2.24, 2.45) is 0 Å². The first kappa shape index (κ1) is 14.9. The van der Waals surface area contributed by atoms with Crippen LogP contribution in [0.3, 0.4) is 0 Å². The summed E-state index contributed by atoms with van der Waals surface area (Å²) in [7, 11) is -2.94. The second-order valence-electron chi connectivity index (χ2n) is 4.94. The van der Waals surface area contributed by atoms with E-state index >= 15 is 0 Å². The van der Waals surface area contributed by atoms with Gasteiger partial charge in [0, 0.05) is 18.8 Å². The van der Waals surface area contributed by atoms with E-state index in [0.29, 0.717) is 24.3 Å². The quantitative estimate of drug-likeness (QED) is 0.897. The molecule has 0 unspecified atom stereocenters. The Balaban J connectivity index is 1.88. The van der Waals surface area contributed by atoms with Crippen LogP contribution in [0.15, 0.2) is 18.2 Å². The lowest BCUT2D eigenvalue weighted by molar-refractivity contribution is -0.117. The maximum atomic E-state index is 13.3. The van der Waals surface area contributed by atoms with Crippen LogP contribution >= 0.6 is 0 Å². The summed E-state index contributed by atoms with van der Waals surface area (Å²) < 4.78 is 35.9. The summed E-state index contributed by atoms with van der Waals surface area (Å²) in [5, 5.41) is 2.61. The number of amides is 1. The zero-order chi connectivity index (χ0) is 14.8. The van der Waals surface area contributed by atoms with Crippen LogP contribution in [0.4, 0.5) is 10.1 Å². The number of benzene rings is 1. The molecule has 2 rings (SSSR count). The molecular weight excluding hydrogens is 283 g/mol. The van der Waals surface area contributed by atoms with E-state index in [1.54, 1.807) is 24.0 Å². The van der Waals surface area contributed by atoms with Gasteiger partial charge in [-0.3, -0.25) is 9.69 Å². The number of nitrogens with zero attached hydrogens (tertiary/aromatic N) is 1. The van der Waals surface area contributed by atoms with Gasteiger partial charge in [-0.2, -0.15) is 0 Å². The molecule has 0 spiro atoms. The molecule has 20 heavy (non-hydrogen) atoms. The summed E-state index contributed by atoms with van der Waals surface area (Å²) in [6.45, 7) is 2.48. The van der Waals surface area contributed by atoms with Crippen LogP contribution in [0.2, 0.25) is 0 Å². The van der Waals surface area contributed by atoms with Gasteiger partial charge in [-0.25, -0.2) is 12.8 Å². The molecule has 7 heteroatoms. The van der Waals surface area contributed by atoms with Crippen LogP contribution < -0.4 is 5.32 Å². The van der Waals surface area contributed by atoms with Gasteiger partial charge in [-0.05, 0) is 24.6 Å². The number of anilines is 1. The standard InChI is InChI=1S/C13H17FN2O3S/c1-10-2-3-11(8-12(10)14)15-13(17)9-16-4-6-20(18,19)7-5-16/h2-3,8H,4-7,9H2,1H3,(H,15,17). The fourth-order valence-electron chi connectivity index (χ4n) is 1.98. The molecule has 0 radical (unpaired) electrons. The first-order valence-corrected chi connectivity index (χ1v) is 8.17. The maximum Gasteiger partial charge on any atom is 0.238 e. The van der Waals surface area contributed by atoms with Gasteiger partial charge in [-0.15, -0.1) is 0 Å². The van der Waals surface area contributed by atoms with Crippen LogP contribution in [-0.4, -0.2) is 50.4 Å². The fourth-order valence-corrected chi connectivity index (χ4v) is 3.26. The molecule has 0 aliphatic carbocycles. The average molecular weight is 300 g/mol. The third-order valence-electron chi connectivity index (χ3n) is 3.26. The monoisotopic (exact) mass is 300 g/mol. The molecule has 0 saturated carbocycles. The fraction of sp³-hybridized carbons (Fsp3) is 0.462. The highest BCUT2D eigenvalue weighted by molar-refractivity contribution is 7.91. The van der Waals surface area contributed by atoms with Crippen molar-refractivity contribution in [2.75, 3.05) is 36.5 Å². The molecule has 1 aromatic rings. The molecule has 0 aromatic heterocycles. The van der Waals surface area contributed by atoms with Crippen LogP contribution in [0, 0.1) is 12.7 Å². The van der Waals surface area contributed by atoms with Crippen molar-refractivity contribution in [3.63, 3.8) is 0 Å². The number of rotatable bonds is 3. The zero-order valence-electron chi connectivity index (χ0n) is 11.2. The maximum absolute atomic E-state index is 13.3. The van der Waals surface area contributed by atoms with E-state index in [9.17, 15) is 17.6 Å². The summed E-state index contributed by atoms with van der Waals surface area (Å²) >= 11 is 0. The number of carbonyl (C=O) groups is 1. The zero-order valence-corrected chi connectivity index (χ0v) is 12.0. The largest absolute Gasteiger partial charge is 0.325 e. The van der Waals surface area contributed by atoms with Gasteiger partial charge in [-0.1, -0.05) is 6.07 Å². The summed E-state index contributed by atoms with van der Waals surface area (Å²) in [4.78, 5) is 13.6. The minimum Gasteiger partial charge on any atom is -0.325 e. The second kappa shape index (κ2) is 5.88. The topological polar surface area (TPSA) is 66.5 Å². The van der Waals surface area contributed by atoms with Gasteiger partial charge < -0.3 is 5.32 Å². The summed E-state index contributed by atoms with van der Waals surface area (Å²) in [5.41, 5.74) is 0.923. The number of aryl methyl sites for hydroxylation is 1. The van der Waals surface area contributed by atoms with Crippen molar-refractivity contribution in [2.45, 2.75) is 6.92 Å². The smallest absolute Gasteiger partial charge is 0.238 e. The Morgan fingerprint density at radius 2 is 2.00 bits per heavy atom. The highest BCUT2D eigenvalue weighted by Crippen LogP contribution is 2.13. The molecule has 1 saturated heterocycles. The average Bonchev–Trinajstić information content (AvgIpc) is 2.36. The van der Waals surface area contributed by atoms with Crippen LogP contribution in [0.1, 0.15) is 5.56 Å². The van der Waals surface area contributed by atoms with E-state index in [0.717, 1.165) is 0 Å². The Labute approximate surface area is 117 Å². The number of carbonyl (C=O) groups excluding carboxylic acids is 1. The van der Waals surface area contributed by atoms with Crippen molar-refractivity contribution in [3.05, 3.63) is 29.6 Å².